The predicted molar refractivity (Wildman–Crippen MR) is 96.5 cm³/mol. The summed E-state index contributed by atoms with van der Waals surface area (Å²) in [6, 6.07) is 6.76. The fraction of sp³-hybridized carbons (Fsp3) is 0.632. The van der Waals surface area contributed by atoms with Gasteiger partial charge in [0.2, 0.25) is 5.91 Å². The lowest BCUT2D eigenvalue weighted by Gasteiger charge is -2.27. The lowest BCUT2D eigenvalue weighted by molar-refractivity contribution is -0.132. The normalized spacial score (nSPS) is 17.5. The highest BCUT2D eigenvalue weighted by molar-refractivity contribution is 7.90. The fourth-order valence-corrected chi connectivity index (χ4v) is 4.04. The van der Waals surface area contributed by atoms with Crippen molar-refractivity contribution in [3.05, 3.63) is 29.8 Å². The molecule has 24 heavy (non-hydrogen) atoms. The van der Waals surface area contributed by atoms with Gasteiger partial charge in [0.05, 0.1) is 10.9 Å². The van der Waals surface area contributed by atoms with Gasteiger partial charge in [-0.25, -0.2) is 8.42 Å². The molecular formula is C19H29NO3S. The molecule has 134 valence electrons. The lowest BCUT2D eigenvalue weighted by atomic mass is 9.86. The van der Waals surface area contributed by atoms with Gasteiger partial charge in [-0.3, -0.25) is 4.79 Å². The molecule has 0 aliphatic heterocycles. The highest BCUT2D eigenvalue weighted by atomic mass is 32.2. The third-order valence-corrected chi connectivity index (χ3v) is 6.38. The van der Waals surface area contributed by atoms with Crippen molar-refractivity contribution in [2.75, 3.05) is 13.3 Å². The van der Waals surface area contributed by atoms with E-state index in [1.807, 2.05) is 14.0 Å². The number of sulfone groups is 1. The molecule has 1 aliphatic rings. The fourth-order valence-electron chi connectivity index (χ4n) is 3.41. The third-order valence-electron chi connectivity index (χ3n) is 5.26. The Hall–Kier alpha value is -1.36. The average molecular weight is 352 g/mol. The van der Waals surface area contributed by atoms with E-state index in [1.54, 1.807) is 29.2 Å². The second-order valence-electron chi connectivity index (χ2n) is 7.06. The Balaban J connectivity index is 1.92. The van der Waals surface area contributed by atoms with E-state index >= 15 is 0 Å². The van der Waals surface area contributed by atoms with Crippen LogP contribution in [0.1, 0.15) is 63.5 Å². The summed E-state index contributed by atoms with van der Waals surface area (Å²) in [7, 11) is -1.35. The van der Waals surface area contributed by atoms with Gasteiger partial charge in [0.1, 0.15) is 0 Å². The first-order valence-electron chi connectivity index (χ1n) is 8.84. The minimum absolute atomic E-state index is 0.0579. The topological polar surface area (TPSA) is 54.5 Å². The second-order valence-corrected chi connectivity index (χ2v) is 9.08. The first-order valence-corrected chi connectivity index (χ1v) is 10.7. The van der Waals surface area contributed by atoms with Crippen molar-refractivity contribution in [1.29, 1.82) is 0 Å². The van der Waals surface area contributed by atoms with Gasteiger partial charge in [-0.1, -0.05) is 44.2 Å². The third kappa shape index (κ3) is 5.07. The summed E-state index contributed by atoms with van der Waals surface area (Å²) in [5.74, 6) is 0.876. The van der Waals surface area contributed by atoms with Crippen LogP contribution in [0.3, 0.4) is 0 Å². The second kappa shape index (κ2) is 8.15. The van der Waals surface area contributed by atoms with Gasteiger partial charge in [-0.05, 0) is 37.0 Å². The molecule has 4 nitrogen and oxygen atoms in total. The van der Waals surface area contributed by atoms with E-state index in [9.17, 15) is 13.2 Å². The summed E-state index contributed by atoms with van der Waals surface area (Å²) in [5, 5.41) is 0. The molecule has 0 heterocycles. The highest BCUT2D eigenvalue weighted by Gasteiger charge is 2.20. The van der Waals surface area contributed by atoms with Crippen molar-refractivity contribution >= 4 is 15.7 Å². The number of carbonyl (C=O) groups is 1. The maximum absolute atomic E-state index is 12.5. The lowest BCUT2D eigenvalue weighted by Crippen LogP contribution is -2.30. The van der Waals surface area contributed by atoms with Crippen LogP contribution in [0.4, 0.5) is 0 Å². The molecule has 1 unspecified atom stereocenters. The summed E-state index contributed by atoms with van der Waals surface area (Å²) >= 11 is 0. The Labute approximate surface area is 146 Å². The first kappa shape index (κ1) is 19.0. The molecule has 1 atom stereocenters. The molecular weight excluding hydrogens is 322 g/mol. The van der Waals surface area contributed by atoms with E-state index in [2.05, 4.69) is 0 Å². The molecule has 1 aliphatic carbocycles. The first-order chi connectivity index (χ1) is 11.3. The molecule has 1 aromatic rings. The van der Waals surface area contributed by atoms with Crippen LogP contribution >= 0.6 is 0 Å². The summed E-state index contributed by atoms with van der Waals surface area (Å²) in [5.41, 5.74) is 0.955. The van der Waals surface area contributed by atoms with Crippen LogP contribution in [-0.2, 0) is 14.6 Å². The van der Waals surface area contributed by atoms with Crippen LogP contribution < -0.4 is 0 Å². The van der Waals surface area contributed by atoms with Gasteiger partial charge in [0.25, 0.3) is 0 Å². The minimum atomic E-state index is -3.18. The van der Waals surface area contributed by atoms with Crippen molar-refractivity contribution in [2.24, 2.45) is 5.92 Å². The number of nitrogens with zero attached hydrogens (tertiary/aromatic N) is 1. The molecule has 1 amide bonds. The van der Waals surface area contributed by atoms with Crippen LogP contribution in [0.5, 0.6) is 0 Å². The molecule has 0 saturated heterocycles. The molecule has 0 aromatic heterocycles. The zero-order valence-corrected chi connectivity index (χ0v) is 15.8. The van der Waals surface area contributed by atoms with Crippen molar-refractivity contribution in [2.45, 2.75) is 62.8 Å². The number of rotatable bonds is 6. The van der Waals surface area contributed by atoms with Crippen LogP contribution in [0, 0.1) is 5.92 Å². The largest absolute Gasteiger partial charge is 0.339 e. The number of carbonyl (C=O) groups excluding carboxylic acids is 1. The van der Waals surface area contributed by atoms with E-state index in [1.165, 1.54) is 38.4 Å². The van der Waals surface area contributed by atoms with E-state index in [0.29, 0.717) is 17.2 Å². The number of hydrogen-bond acceptors (Lipinski definition) is 3. The van der Waals surface area contributed by atoms with Gasteiger partial charge in [-0.15, -0.1) is 0 Å². The summed E-state index contributed by atoms with van der Waals surface area (Å²) < 4.78 is 23.1. The van der Waals surface area contributed by atoms with Crippen LogP contribution in [0.15, 0.2) is 29.2 Å². The smallest absolute Gasteiger partial charge is 0.222 e. The maximum atomic E-state index is 12.5. The van der Waals surface area contributed by atoms with Crippen molar-refractivity contribution in [3.8, 4) is 0 Å². The Kier molecular flexibility index (Phi) is 6.44. The van der Waals surface area contributed by atoms with Crippen LogP contribution in [0.2, 0.25) is 0 Å². The van der Waals surface area contributed by atoms with E-state index in [4.69, 9.17) is 0 Å². The van der Waals surface area contributed by atoms with Crippen LogP contribution in [-0.4, -0.2) is 32.5 Å². The van der Waals surface area contributed by atoms with Gasteiger partial charge >= 0.3 is 0 Å². The van der Waals surface area contributed by atoms with Crippen molar-refractivity contribution < 1.29 is 13.2 Å². The van der Waals surface area contributed by atoms with Crippen molar-refractivity contribution in [1.82, 2.24) is 4.90 Å². The summed E-state index contributed by atoms with van der Waals surface area (Å²) in [6.45, 7) is 1.98. The average Bonchev–Trinajstić information content (AvgIpc) is 2.58. The predicted octanol–water partition coefficient (Wildman–Crippen LogP) is 3.97. The molecule has 0 radical (unpaired) electrons. The molecule has 0 spiro atoms. The molecule has 0 bridgehead atoms. The molecule has 1 saturated carbocycles. The zero-order chi connectivity index (χ0) is 17.7. The molecule has 2 rings (SSSR count). The summed E-state index contributed by atoms with van der Waals surface area (Å²) in [4.78, 5) is 14.5. The number of hydrogen-bond donors (Lipinski definition) is 0. The standard InChI is InChI=1S/C19H29NO3S/c1-15(17-10-12-18(13-11-17)24(3,22)23)20(2)19(21)14-9-16-7-5-4-6-8-16/h10-13,15-16H,4-9,14H2,1-3H3. The maximum Gasteiger partial charge on any atom is 0.222 e. The Morgan fingerprint density at radius 1 is 1.17 bits per heavy atom. The zero-order valence-electron chi connectivity index (χ0n) is 15.0. The van der Waals surface area contributed by atoms with E-state index in [-0.39, 0.29) is 11.9 Å². The minimum Gasteiger partial charge on any atom is -0.339 e. The Morgan fingerprint density at radius 2 is 1.75 bits per heavy atom. The molecule has 1 fully saturated rings. The molecule has 1 aromatic carbocycles. The van der Waals surface area contributed by atoms with E-state index < -0.39 is 9.84 Å². The number of benzene rings is 1. The van der Waals surface area contributed by atoms with Gasteiger partial charge in [0, 0.05) is 19.7 Å². The molecule has 5 heteroatoms. The van der Waals surface area contributed by atoms with Crippen molar-refractivity contribution in [3.63, 3.8) is 0 Å². The SMILES string of the molecule is CC(c1ccc(S(C)(=O)=O)cc1)N(C)C(=O)CCC1CCCCC1. The van der Waals surface area contributed by atoms with E-state index in [0.717, 1.165) is 12.0 Å². The van der Waals surface area contributed by atoms with Gasteiger partial charge in [0.15, 0.2) is 9.84 Å². The quantitative estimate of drug-likeness (QED) is 0.779. The Bertz CT molecular complexity index is 646. The highest BCUT2D eigenvalue weighted by Crippen LogP contribution is 2.28. The Morgan fingerprint density at radius 3 is 2.29 bits per heavy atom. The monoisotopic (exact) mass is 351 g/mol. The molecule has 0 N–H and O–H groups in total. The van der Waals surface area contributed by atoms with Gasteiger partial charge in [-0.2, -0.15) is 0 Å². The summed E-state index contributed by atoms with van der Waals surface area (Å²) in [6.07, 6.45) is 9.27. The van der Waals surface area contributed by atoms with Crippen LogP contribution in [0.25, 0.3) is 0 Å². The number of amides is 1. The van der Waals surface area contributed by atoms with Gasteiger partial charge < -0.3 is 4.90 Å².